The number of carbonyl (C=O) groups excluding carboxylic acids is 2. The third-order valence-corrected chi connectivity index (χ3v) is 3.55. The van der Waals surface area contributed by atoms with Crippen molar-refractivity contribution in [3.05, 3.63) is 34.4 Å². The van der Waals surface area contributed by atoms with Gasteiger partial charge in [-0.05, 0) is 17.5 Å². The molecular formula is C18H27N2O6+. The summed E-state index contributed by atoms with van der Waals surface area (Å²) in [6.07, 6.45) is 0.119. The third-order valence-electron chi connectivity index (χ3n) is 3.55. The summed E-state index contributed by atoms with van der Waals surface area (Å²) in [5, 5.41) is 10.6. The van der Waals surface area contributed by atoms with Gasteiger partial charge in [0.2, 0.25) is 0 Å². The fourth-order valence-corrected chi connectivity index (χ4v) is 2.13. The van der Waals surface area contributed by atoms with Gasteiger partial charge in [0.1, 0.15) is 18.9 Å². The van der Waals surface area contributed by atoms with Crippen LogP contribution in [0.3, 0.4) is 0 Å². The van der Waals surface area contributed by atoms with Crippen LogP contribution >= 0.6 is 0 Å². The minimum Gasteiger partial charge on any atom is -0.460 e. The second-order valence-electron chi connectivity index (χ2n) is 7.98. The molecule has 0 bridgehead atoms. The standard InChI is InChI=1S/C18H27N2O6/c1-18(2,12-16(21)25-11-10-20(3,4)5)13-17(22)26-15-8-6-14(7-9-15)19(23)24/h6-9H,10-13H2,1-5H3/q+1. The highest BCUT2D eigenvalue weighted by molar-refractivity contribution is 5.75. The van der Waals surface area contributed by atoms with Gasteiger partial charge in [0.25, 0.3) is 5.69 Å². The van der Waals surface area contributed by atoms with Crippen molar-refractivity contribution in [2.75, 3.05) is 34.3 Å². The third kappa shape index (κ3) is 8.57. The lowest BCUT2D eigenvalue weighted by molar-refractivity contribution is -0.870. The molecule has 0 N–H and O–H groups in total. The molecule has 0 spiro atoms. The maximum atomic E-state index is 12.1. The minimum absolute atomic E-state index is 0.0222. The van der Waals surface area contributed by atoms with E-state index >= 15 is 0 Å². The van der Waals surface area contributed by atoms with Gasteiger partial charge in [0, 0.05) is 12.1 Å². The zero-order chi connectivity index (χ0) is 20.0. The number of nitro groups is 1. The molecule has 0 aromatic heterocycles. The van der Waals surface area contributed by atoms with Gasteiger partial charge in [-0.2, -0.15) is 0 Å². The molecule has 0 atom stereocenters. The molecule has 0 aliphatic rings. The first kappa shape index (κ1) is 21.6. The lowest BCUT2D eigenvalue weighted by atomic mass is 9.86. The topological polar surface area (TPSA) is 95.7 Å². The number of nitro benzene ring substituents is 1. The van der Waals surface area contributed by atoms with Crippen LogP contribution in [-0.2, 0) is 14.3 Å². The van der Waals surface area contributed by atoms with Gasteiger partial charge in [0.15, 0.2) is 0 Å². The van der Waals surface area contributed by atoms with E-state index in [1.807, 2.05) is 21.1 Å². The summed E-state index contributed by atoms with van der Waals surface area (Å²) in [5.41, 5.74) is -0.701. The zero-order valence-electron chi connectivity index (χ0n) is 16.0. The number of likely N-dealkylation sites (N-methyl/N-ethyl adjacent to an activating group) is 1. The van der Waals surface area contributed by atoms with Crippen molar-refractivity contribution < 1.29 is 28.5 Å². The molecule has 8 nitrogen and oxygen atoms in total. The maximum Gasteiger partial charge on any atom is 0.311 e. The van der Waals surface area contributed by atoms with Crippen LogP contribution in [0.4, 0.5) is 5.69 Å². The largest absolute Gasteiger partial charge is 0.460 e. The second kappa shape index (κ2) is 8.75. The first-order valence-electron chi connectivity index (χ1n) is 8.29. The molecule has 0 fully saturated rings. The van der Waals surface area contributed by atoms with E-state index in [0.717, 1.165) is 0 Å². The number of hydrogen-bond donors (Lipinski definition) is 0. The number of quaternary nitrogens is 1. The Kier molecular flexibility index (Phi) is 7.26. The average Bonchev–Trinajstić information content (AvgIpc) is 2.44. The van der Waals surface area contributed by atoms with Gasteiger partial charge >= 0.3 is 11.9 Å². The lowest BCUT2D eigenvalue weighted by Crippen LogP contribution is -2.38. The Morgan fingerprint density at radius 3 is 2.12 bits per heavy atom. The number of carbonyl (C=O) groups is 2. The van der Waals surface area contributed by atoms with E-state index in [4.69, 9.17) is 9.47 Å². The summed E-state index contributed by atoms with van der Waals surface area (Å²) in [4.78, 5) is 34.1. The monoisotopic (exact) mass is 367 g/mol. The summed E-state index contributed by atoms with van der Waals surface area (Å²) >= 11 is 0. The molecule has 26 heavy (non-hydrogen) atoms. The normalized spacial score (nSPS) is 11.7. The summed E-state index contributed by atoms with van der Waals surface area (Å²) in [6.45, 7) is 4.59. The quantitative estimate of drug-likeness (QED) is 0.219. The van der Waals surface area contributed by atoms with Gasteiger partial charge in [-0.25, -0.2) is 0 Å². The molecule has 0 radical (unpaired) electrons. The Balaban J connectivity index is 2.48. The number of rotatable bonds is 9. The molecule has 0 aliphatic heterocycles. The number of non-ortho nitro benzene ring substituents is 1. The molecule has 8 heteroatoms. The van der Waals surface area contributed by atoms with Gasteiger partial charge < -0.3 is 14.0 Å². The molecule has 0 saturated heterocycles. The summed E-state index contributed by atoms with van der Waals surface area (Å²) in [6, 6.07) is 5.25. The van der Waals surface area contributed by atoms with Crippen LogP contribution in [0.25, 0.3) is 0 Å². The van der Waals surface area contributed by atoms with Crippen LogP contribution in [0.1, 0.15) is 26.7 Å². The van der Waals surface area contributed by atoms with Crippen LogP contribution in [-0.4, -0.2) is 55.6 Å². The Morgan fingerprint density at radius 1 is 1.08 bits per heavy atom. The maximum absolute atomic E-state index is 12.1. The summed E-state index contributed by atoms with van der Waals surface area (Å²) in [7, 11) is 6.02. The van der Waals surface area contributed by atoms with Crippen molar-refractivity contribution in [3.8, 4) is 5.75 Å². The molecule has 0 unspecified atom stereocenters. The molecule has 0 aliphatic carbocycles. The van der Waals surface area contributed by atoms with Crippen molar-refractivity contribution in [1.29, 1.82) is 0 Å². The first-order chi connectivity index (χ1) is 11.9. The molecular weight excluding hydrogens is 340 g/mol. The zero-order valence-corrected chi connectivity index (χ0v) is 16.0. The number of nitrogens with zero attached hydrogens (tertiary/aromatic N) is 2. The predicted molar refractivity (Wildman–Crippen MR) is 95.6 cm³/mol. The molecule has 1 aromatic rings. The van der Waals surface area contributed by atoms with Gasteiger partial charge in [-0.1, -0.05) is 13.8 Å². The Hall–Kier alpha value is -2.48. The van der Waals surface area contributed by atoms with Crippen LogP contribution in [0.2, 0.25) is 0 Å². The van der Waals surface area contributed by atoms with Crippen molar-refractivity contribution in [1.82, 2.24) is 0 Å². The number of esters is 2. The van der Waals surface area contributed by atoms with Gasteiger partial charge in [-0.3, -0.25) is 19.7 Å². The SMILES string of the molecule is CC(C)(CC(=O)OCC[N+](C)(C)C)CC(=O)Oc1ccc([N+](=O)[O-])cc1. The minimum atomic E-state index is -0.620. The Bertz CT molecular complexity index is 647. The van der Waals surface area contributed by atoms with Gasteiger partial charge in [0.05, 0.1) is 38.9 Å². The molecule has 0 heterocycles. The van der Waals surface area contributed by atoms with E-state index in [1.165, 1.54) is 24.3 Å². The van der Waals surface area contributed by atoms with E-state index in [0.29, 0.717) is 17.6 Å². The fourth-order valence-electron chi connectivity index (χ4n) is 2.13. The second-order valence-corrected chi connectivity index (χ2v) is 7.98. The fraction of sp³-hybridized carbons (Fsp3) is 0.556. The highest BCUT2D eigenvalue weighted by Crippen LogP contribution is 2.27. The van der Waals surface area contributed by atoms with Crippen LogP contribution in [0, 0.1) is 15.5 Å². The van der Waals surface area contributed by atoms with E-state index in [9.17, 15) is 19.7 Å². The molecule has 0 amide bonds. The molecule has 1 rings (SSSR count). The molecule has 1 aromatic carbocycles. The molecule has 0 saturated carbocycles. The van der Waals surface area contributed by atoms with Crippen molar-refractivity contribution in [2.24, 2.45) is 5.41 Å². The number of benzene rings is 1. The van der Waals surface area contributed by atoms with Crippen LogP contribution in [0.5, 0.6) is 5.75 Å². The first-order valence-corrected chi connectivity index (χ1v) is 8.29. The van der Waals surface area contributed by atoms with Gasteiger partial charge in [-0.15, -0.1) is 0 Å². The van der Waals surface area contributed by atoms with E-state index in [-0.39, 0.29) is 30.2 Å². The smallest absolute Gasteiger partial charge is 0.311 e. The number of ether oxygens (including phenoxy) is 2. The summed E-state index contributed by atoms with van der Waals surface area (Å²) in [5.74, 6) is -0.642. The number of hydrogen-bond acceptors (Lipinski definition) is 6. The molecule has 144 valence electrons. The highest BCUT2D eigenvalue weighted by atomic mass is 16.6. The van der Waals surface area contributed by atoms with Crippen molar-refractivity contribution in [3.63, 3.8) is 0 Å². The van der Waals surface area contributed by atoms with E-state index in [2.05, 4.69) is 0 Å². The van der Waals surface area contributed by atoms with E-state index in [1.54, 1.807) is 13.8 Å². The Labute approximate surface area is 153 Å². The lowest BCUT2D eigenvalue weighted by Gasteiger charge is -2.25. The van der Waals surface area contributed by atoms with Crippen LogP contribution < -0.4 is 4.74 Å². The summed E-state index contributed by atoms with van der Waals surface area (Å²) < 4.78 is 11.1. The van der Waals surface area contributed by atoms with Crippen LogP contribution in [0.15, 0.2) is 24.3 Å². The van der Waals surface area contributed by atoms with Crippen molar-refractivity contribution >= 4 is 17.6 Å². The average molecular weight is 367 g/mol. The Morgan fingerprint density at radius 2 is 1.62 bits per heavy atom. The highest BCUT2D eigenvalue weighted by Gasteiger charge is 2.27. The van der Waals surface area contributed by atoms with Crippen molar-refractivity contribution in [2.45, 2.75) is 26.7 Å². The predicted octanol–water partition coefficient (Wildman–Crippen LogP) is 2.56. The van der Waals surface area contributed by atoms with E-state index < -0.39 is 16.3 Å².